The molecule has 12 heteroatoms. The minimum atomic E-state index is -0.802. The van der Waals surface area contributed by atoms with Gasteiger partial charge in [0.1, 0.15) is 28.0 Å². The van der Waals surface area contributed by atoms with E-state index in [1.54, 1.807) is 12.1 Å². The number of aliphatic hydroxyl groups is 1. The summed E-state index contributed by atoms with van der Waals surface area (Å²) in [7, 11) is 1.83. The highest BCUT2D eigenvalue weighted by atomic mass is 32.1. The number of hydrogen-bond donors (Lipinski definition) is 1. The number of fused-ring (bicyclic) bond motifs is 2. The highest BCUT2D eigenvalue weighted by Crippen LogP contribution is 2.48. The van der Waals surface area contributed by atoms with Gasteiger partial charge < -0.3 is 24.5 Å². The van der Waals surface area contributed by atoms with Gasteiger partial charge in [0.25, 0.3) is 0 Å². The minimum absolute atomic E-state index is 0.00215. The van der Waals surface area contributed by atoms with Gasteiger partial charge in [0.15, 0.2) is 10.9 Å². The van der Waals surface area contributed by atoms with Crippen molar-refractivity contribution in [3.63, 3.8) is 0 Å². The number of carbonyl (C=O) groups excluding carboxylic acids is 1. The van der Waals surface area contributed by atoms with E-state index in [9.17, 15) is 19.6 Å². The summed E-state index contributed by atoms with van der Waals surface area (Å²) in [5.41, 5.74) is 3.51. The lowest BCUT2D eigenvalue weighted by molar-refractivity contribution is -0.155. The number of aromatic nitrogens is 2. The first-order chi connectivity index (χ1) is 22.1. The van der Waals surface area contributed by atoms with Crippen molar-refractivity contribution in [3.05, 3.63) is 64.2 Å². The Kier molecular flexibility index (Phi) is 6.62. The number of nitriles is 1. The van der Waals surface area contributed by atoms with Gasteiger partial charge in [-0.25, -0.2) is 18.7 Å². The third-order valence-corrected chi connectivity index (χ3v) is 11.1. The van der Waals surface area contributed by atoms with Crippen LogP contribution in [0.4, 0.5) is 25.3 Å². The number of benzene rings is 2. The molecular formula is C34H32F2N6O3S. The predicted molar refractivity (Wildman–Crippen MR) is 170 cm³/mol. The molecule has 236 valence electrons. The predicted octanol–water partition coefficient (Wildman–Crippen LogP) is 5.33. The number of likely N-dealkylation sites (tertiary alicyclic amines) is 1. The Morgan fingerprint density at radius 1 is 1.17 bits per heavy atom. The first-order valence-electron chi connectivity index (χ1n) is 15.4. The number of pyridine rings is 1. The smallest absolute Gasteiger partial charge is 0.230 e. The van der Waals surface area contributed by atoms with Crippen molar-refractivity contribution in [1.29, 1.82) is 5.26 Å². The Hall–Kier alpha value is -4.18. The van der Waals surface area contributed by atoms with Gasteiger partial charge in [-0.05, 0) is 62.6 Å². The zero-order chi connectivity index (χ0) is 32.0. The average molecular weight is 643 g/mol. The highest BCUT2D eigenvalue weighted by molar-refractivity contribution is 7.16. The van der Waals surface area contributed by atoms with Crippen molar-refractivity contribution >= 4 is 44.7 Å². The molecule has 3 saturated heterocycles. The maximum absolute atomic E-state index is 15.9. The summed E-state index contributed by atoms with van der Waals surface area (Å²) in [5.74, 6) is -0.701. The quantitative estimate of drug-likeness (QED) is 0.312. The normalized spacial score (nSPS) is 22.9. The van der Waals surface area contributed by atoms with Crippen molar-refractivity contribution in [2.45, 2.75) is 32.3 Å². The highest BCUT2D eigenvalue weighted by Gasteiger charge is 2.56. The summed E-state index contributed by atoms with van der Waals surface area (Å²) in [5, 5.41) is 21.8. The van der Waals surface area contributed by atoms with Crippen LogP contribution in [-0.4, -0.2) is 72.3 Å². The summed E-state index contributed by atoms with van der Waals surface area (Å²) >= 11 is 1.20. The van der Waals surface area contributed by atoms with Crippen LogP contribution < -0.4 is 9.80 Å². The van der Waals surface area contributed by atoms with E-state index in [-0.39, 0.29) is 22.7 Å². The van der Waals surface area contributed by atoms with Gasteiger partial charge in [0.2, 0.25) is 5.91 Å². The zero-order valence-electron chi connectivity index (χ0n) is 25.5. The SMILES string of the molecule is CN(c1nc(-c2ccc(F)cc2)c(C#N)s1)c1c2c(nc3c(F)cc(N4CC5(CN(C(=O)C6(C)CCOC6)C5)C4)cc13)C(O)CC2. The van der Waals surface area contributed by atoms with Gasteiger partial charge in [-0.3, -0.25) is 4.79 Å². The molecule has 1 N–H and O–H groups in total. The van der Waals surface area contributed by atoms with Gasteiger partial charge in [0, 0.05) is 67.4 Å². The molecule has 4 aliphatic rings. The topological polar surface area (TPSA) is 106 Å². The largest absolute Gasteiger partial charge is 0.387 e. The van der Waals surface area contributed by atoms with Crippen LogP contribution >= 0.6 is 11.3 Å². The van der Waals surface area contributed by atoms with Crippen LogP contribution in [-0.2, 0) is 16.0 Å². The fourth-order valence-electron chi connectivity index (χ4n) is 7.55. The van der Waals surface area contributed by atoms with Gasteiger partial charge in [0.05, 0.1) is 29.5 Å². The molecule has 5 heterocycles. The van der Waals surface area contributed by atoms with Crippen molar-refractivity contribution < 1.29 is 23.4 Å². The number of carbonyl (C=O) groups is 1. The molecule has 2 aromatic heterocycles. The molecule has 0 saturated carbocycles. The number of halogens is 2. The first kappa shape index (κ1) is 29.2. The zero-order valence-corrected chi connectivity index (χ0v) is 26.3. The van der Waals surface area contributed by atoms with Crippen LogP contribution in [0.3, 0.4) is 0 Å². The standard InChI is InChI=1S/C34H32F2N6O3S/c1-33(9-10-45-18-33)31(44)42-16-34(17-42)14-41(15-34)21-11-23-28(24(36)12-21)38-29-22(7-8-25(29)43)30(23)40(2)32-39-27(26(13-37)46-32)19-3-5-20(35)6-4-19/h3-6,11-12,25,43H,7-10,14-18H2,1-2H3. The van der Waals surface area contributed by atoms with Crippen molar-refractivity contribution in [2.75, 3.05) is 56.2 Å². The molecule has 1 aliphatic carbocycles. The van der Waals surface area contributed by atoms with E-state index >= 15 is 4.39 Å². The number of nitrogens with zero attached hydrogens (tertiary/aromatic N) is 6. The molecule has 1 amide bonds. The second-order valence-corrected chi connectivity index (χ2v) is 14.4. The third-order valence-electron chi connectivity index (χ3n) is 10.1. The lowest BCUT2D eigenvalue weighted by atomic mass is 9.71. The number of amides is 1. The van der Waals surface area contributed by atoms with E-state index < -0.39 is 17.3 Å². The molecular weight excluding hydrogens is 610 g/mol. The minimum Gasteiger partial charge on any atom is -0.387 e. The molecule has 2 atom stereocenters. The summed E-state index contributed by atoms with van der Waals surface area (Å²) in [4.78, 5) is 28.8. The van der Waals surface area contributed by atoms with E-state index in [2.05, 4.69) is 16.0 Å². The van der Waals surface area contributed by atoms with Crippen molar-refractivity contribution in [3.8, 4) is 17.3 Å². The maximum Gasteiger partial charge on any atom is 0.230 e. The molecule has 3 aliphatic heterocycles. The van der Waals surface area contributed by atoms with E-state index in [1.165, 1.54) is 29.5 Å². The van der Waals surface area contributed by atoms with Crippen molar-refractivity contribution in [1.82, 2.24) is 14.9 Å². The number of ether oxygens (including phenoxy) is 1. The van der Waals surface area contributed by atoms with Crippen LogP contribution in [0.25, 0.3) is 22.2 Å². The van der Waals surface area contributed by atoms with E-state index in [0.29, 0.717) is 77.2 Å². The fraction of sp³-hybridized carbons (Fsp3) is 0.412. The molecule has 0 bridgehead atoms. The lowest BCUT2D eigenvalue weighted by Crippen LogP contribution is -2.74. The summed E-state index contributed by atoms with van der Waals surface area (Å²) in [6.07, 6.45) is 0.984. The van der Waals surface area contributed by atoms with E-state index in [1.807, 2.05) is 29.8 Å². The molecule has 46 heavy (non-hydrogen) atoms. The summed E-state index contributed by atoms with van der Waals surface area (Å²) in [6.45, 7) is 5.89. The van der Waals surface area contributed by atoms with Crippen LogP contribution in [0.1, 0.15) is 42.0 Å². The van der Waals surface area contributed by atoms with E-state index in [4.69, 9.17) is 9.72 Å². The fourth-order valence-corrected chi connectivity index (χ4v) is 8.41. The number of thiazole rings is 1. The number of rotatable bonds is 5. The lowest BCUT2D eigenvalue weighted by Gasteiger charge is -2.61. The number of anilines is 3. The van der Waals surface area contributed by atoms with E-state index in [0.717, 1.165) is 30.8 Å². The second-order valence-electron chi connectivity index (χ2n) is 13.4. The Morgan fingerprint density at radius 3 is 2.63 bits per heavy atom. The molecule has 9 nitrogen and oxygen atoms in total. The molecule has 0 radical (unpaired) electrons. The van der Waals surface area contributed by atoms with Crippen LogP contribution in [0.5, 0.6) is 0 Å². The van der Waals surface area contributed by atoms with Gasteiger partial charge in [-0.1, -0.05) is 11.3 Å². The average Bonchev–Trinajstić information content (AvgIpc) is 3.74. The maximum atomic E-state index is 15.9. The van der Waals surface area contributed by atoms with Crippen LogP contribution in [0, 0.1) is 33.8 Å². The number of hydrogen-bond acceptors (Lipinski definition) is 9. The summed E-state index contributed by atoms with van der Waals surface area (Å²) in [6, 6.07) is 11.5. The third kappa shape index (κ3) is 4.47. The molecule has 1 spiro atoms. The molecule has 2 aromatic carbocycles. The Labute approximate surface area is 268 Å². The van der Waals surface area contributed by atoms with Gasteiger partial charge in [-0.15, -0.1) is 0 Å². The Morgan fingerprint density at radius 2 is 1.93 bits per heavy atom. The van der Waals surface area contributed by atoms with Crippen LogP contribution in [0.15, 0.2) is 36.4 Å². The van der Waals surface area contributed by atoms with Gasteiger partial charge >= 0.3 is 0 Å². The van der Waals surface area contributed by atoms with Crippen LogP contribution in [0.2, 0.25) is 0 Å². The van der Waals surface area contributed by atoms with Gasteiger partial charge in [-0.2, -0.15) is 5.26 Å². The van der Waals surface area contributed by atoms with Crippen molar-refractivity contribution in [2.24, 2.45) is 10.8 Å². The molecule has 8 rings (SSSR count). The summed E-state index contributed by atoms with van der Waals surface area (Å²) < 4.78 is 35.0. The Balaban J connectivity index is 1.12. The first-order valence-corrected chi connectivity index (χ1v) is 16.3. The molecule has 3 fully saturated rings. The Bertz CT molecular complexity index is 1940. The monoisotopic (exact) mass is 642 g/mol. The second kappa shape index (κ2) is 10.4. The molecule has 4 aromatic rings. The number of aliphatic hydroxyl groups excluding tert-OH is 1. The molecule has 2 unspecified atom stereocenters.